The number of carboxylic acids is 1. The van der Waals surface area contributed by atoms with Gasteiger partial charge in [0.05, 0.1) is 0 Å². The van der Waals surface area contributed by atoms with Gasteiger partial charge in [-0.3, -0.25) is 4.79 Å². The Balaban J connectivity index is 2.61. The van der Waals surface area contributed by atoms with Gasteiger partial charge in [0.1, 0.15) is 5.54 Å². The van der Waals surface area contributed by atoms with Crippen LogP contribution in [-0.4, -0.2) is 47.2 Å². The van der Waals surface area contributed by atoms with Crippen LogP contribution in [0.3, 0.4) is 0 Å². The lowest BCUT2D eigenvalue weighted by Gasteiger charge is -2.34. The summed E-state index contributed by atoms with van der Waals surface area (Å²) in [4.78, 5) is 14.0. The van der Waals surface area contributed by atoms with Crippen molar-refractivity contribution in [2.45, 2.75) is 71.4 Å². The summed E-state index contributed by atoms with van der Waals surface area (Å²) >= 11 is 0. The second kappa shape index (κ2) is 7.99. The Hall–Kier alpha value is -0.610. The molecule has 4 heteroatoms. The number of likely N-dealkylation sites (N-methyl/N-ethyl adjacent to an activating group) is 1. The smallest absolute Gasteiger partial charge is 0.323 e. The van der Waals surface area contributed by atoms with Crippen molar-refractivity contribution < 1.29 is 9.90 Å². The molecule has 0 aromatic rings. The fourth-order valence-electron chi connectivity index (χ4n) is 3.19. The first-order chi connectivity index (χ1) is 9.39. The maximum Gasteiger partial charge on any atom is 0.323 e. The number of aliphatic carboxylic acids is 1. The second-order valence-electron chi connectivity index (χ2n) is 6.74. The molecule has 1 unspecified atom stereocenters. The van der Waals surface area contributed by atoms with Crippen molar-refractivity contribution in [1.82, 2.24) is 10.2 Å². The largest absolute Gasteiger partial charge is 0.480 e. The van der Waals surface area contributed by atoms with Crippen molar-refractivity contribution in [2.24, 2.45) is 5.92 Å². The van der Waals surface area contributed by atoms with E-state index in [1.807, 2.05) is 6.92 Å². The van der Waals surface area contributed by atoms with Gasteiger partial charge in [0.15, 0.2) is 0 Å². The molecule has 1 fully saturated rings. The van der Waals surface area contributed by atoms with Gasteiger partial charge in [0, 0.05) is 19.1 Å². The van der Waals surface area contributed by atoms with Gasteiger partial charge < -0.3 is 15.3 Å². The molecule has 2 N–H and O–H groups in total. The van der Waals surface area contributed by atoms with Crippen LogP contribution < -0.4 is 5.32 Å². The Bertz CT molecular complexity index is 301. The zero-order valence-electron chi connectivity index (χ0n) is 13.6. The number of carboxylic acid groups (broad SMARTS) is 1. The summed E-state index contributed by atoms with van der Waals surface area (Å²) in [5.41, 5.74) is -0.803. The fourth-order valence-corrected chi connectivity index (χ4v) is 3.19. The van der Waals surface area contributed by atoms with Crippen molar-refractivity contribution in [2.75, 3.05) is 19.6 Å². The monoisotopic (exact) mass is 284 g/mol. The highest BCUT2D eigenvalue weighted by molar-refractivity contribution is 5.78. The molecule has 1 aliphatic carbocycles. The van der Waals surface area contributed by atoms with E-state index in [1.54, 1.807) is 6.92 Å². The summed E-state index contributed by atoms with van der Waals surface area (Å²) in [6.45, 7) is 10.9. The van der Waals surface area contributed by atoms with Gasteiger partial charge in [-0.2, -0.15) is 0 Å². The first-order valence-electron chi connectivity index (χ1n) is 8.11. The van der Waals surface area contributed by atoms with E-state index < -0.39 is 11.5 Å². The predicted octanol–water partition coefficient (Wildman–Crippen LogP) is 2.73. The maximum absolute atomic E-state index is 11.5. The highest BCUT2D eigenvalue weighted by atomic mass is 16.4. The molecule has 1 saturated carbocycles. The lowest BCUT2D eigenvalue weighted by molar-refractivity contribution is -0.144. The van der Waals surface area contributed by atoms with Crippen molar-refractivity contribution >= 4 is 5.97 Å². The van der Waals surface area contributed by atoms with Gasteiger partial charge in [-0.1, -0.05) is 33.6 Å². The number of hydrogen-bond acceptors (Lipinski definition) is 3. The molecule has 1 aliphatic rings. The van der Waals surface area contributed by atoms with E-state index in [0.717, 1.165) is 13.1 Å². The van der Waals surface area contributed by atoms with Gasteiger partial charge in [-0.25, -0.2) is 0 Å². The quantitative estimate of drug-likeness (QED) is 0.683. The summed E-state index contributed by atoms with van der Waals surface area (Å²) in [7, 11) is 0. The molecule has 1 atom stereocenters. The van der Waals surface area contributed by atoms with Crippen LogP contribution in [0.25, 0.3) is 0 Å². The summed E-state index contributed by atoms with van der Waals surface area (Å²) in [6.07, 6.45) is 5.86. The SMILES string of the molecule is CCNC(C)(CCN(CC(C)C)C1CCCC1)C(=O)O. The Morgan fingerprint density at radius 2 is 2.00 bits per heavy atom. The lowest BCUT2D eigenvalue weighted by atomic mass is 9.96. The lowest BCUT2D eigenvalue weighted by Crippen LogP contribution is -2.52. The van der Waals surface area contributed by atoms with Gasteiger partial charge in [0.2, 0.25) is 0 Å². The molecule has 0 amide bonds. The predicted molar refractivity (Wildman–Crippen MR) is 83.0 cm³/mol. The van der Waals surface area contributed by atoms with Crippen molar-refractivity contribution in [3.05, 3.63) is 0 Å². The zero-order chi connectivity index (χ0) is 15.2. The number of nitrogens with zero attached hydrogens (tertiary/aromatic N) is 1. The van der Waals surface area contributed by atoms with E-state index in [9.17, 15) is 9.90 Å². The standard InChI is InChI=1S/C16H32N2O2/c1-5-17-16(4,15(19)20)10-11-18(12-13(2)3)14-8-6-7-9-14/h13-14,17H,5-12H2,1-4H3,(H,19,20). The molecule has 0 spiro atoms. The molecule has 4 nitrogen and oxygen atoms in total. The third-order valence-electron chi connectivity index (χ3n) is 4.38. The normalized spacial score (nSPS) is 19.7. The molecule has 0 heterocycles. The molecule has 0 aromatic carbocycles. The number of nitrogens with one attached hydrogen (secondary N) is 1. The number of carbonyl (C=O) groups is 1. The Labute approximate surface area is 123 Å². The van der Waals surface area contributed by atoms with E-state index in [-0.39, 0.29) is 0 Å². The Morgan fingerprint density at radius 3 is 2.45 bits per heavy atom. The third kappa shape index (κ3) is 5.06. The van der Waals surface area contributed by atoms with Crippen LogP contribution in [0, 0.1) is 5.92 Å². The molecule has 0 bridgehead atoms. The molecular formula is C16H32N2O2. The van der Waals surface area contributed by atoms with Crippen LogP contribution in [0.5, 0.6) is 0 Å². The van der Waals surface area contributed by atoms with Crippen molar-refractivity contribution in [3.8, 4) is 0 Å². The minimum absolute atomic E-state index is 0.630. The van der Waals surface area contributed by atoms with Crippen LogP contribution in [-0.2, 0) is 4.79 Å². The average Bonchev–Trinajstić information content (AvgIpc) is 2.88. The topological polar surface area (TPSA) is 52.6 Å². The van der Waals surface area contributed by atoms with Crippen molar-refractivity contribution in [1.29, 1.82) is 0 Å². The zero-order valence-corrected chi connectivity index (χ0v) is 13.6. The molecule has 0 radical (unpaired) electrons. The average molecular weight is 284 g/mol. The highest BCUT2D eigenvalue weighted by Crippen LogP contribution is 2.25. The van der Waals surface area contributed by atoms with Crippen LogP contribution in [0.15, 0.2) is 0 Å². The van der Waals surface area contributed by atoms with Crippen LogP contribution in [0.1, 0.15) is 59.8 Å². The van der Waals surface area contributed by atoms with E-state index >= 15 is 0 Å². The molecular weight excluding hydrogens is 252 g/mol. The minimum Gasteiger partial charge on any atom is -0.480 e. The molecule has 1 rings (SSSR count). The molecule has 0 aliphatic heterocycles. The fraction of sp³-hybridized carbons (Fsp3) is 0.938. The molecule has 0 aromatic heterocycles. The van der Waals surface area contributed by atoms with Crippen LogP contribution in [0.2, 0.25) is 0 Å². The van der Waals surface area contributed by atoms with E-state index in [0.29, 0.717) is 24.9 Å². The van der Waals surface area contributed by atoms with Gasteiger partial charge in [-0.05, 0) is 38.6 Å². The van der Waals surface area contributed by atoms with Crippen molar-refractivity contribution in [3.63, 3.8) is 0 Å². The molecule has 0 saturated heterocycles. The number of rotatable bonds is 9. The van der Waals surface area contributed by atoms with Gasteiger partial charge in [-0.15, -0.1) is 0 Å². The Morgan fingerprint density at radius 1 is 1.40 bits per heavy atom. The summed E-state index contributed by atoms with van der Waals surface area (Å²) in [6, 6.07) is 0.664. The Kier molecular flexibility index (Phi) is 6.96. The summed E-state index contributed by atoms with van der Waals surface area (Å²) in [5, 5.41) is 12.6. The first kappa shape index (κ1) is 17.4. The maximum atomic E-state index is 11.5. The first-order valence-corrected chi connectivity index (χ1v) is 8.11. The van der Waals surface area contributed by atoms with E-state index in [4.69, 9.17) is 0 Å². The van der Waals surface area contributed by atoms with E-state index in [2.05, 4.69) is 24.1 Å². The summed E-state index contributed by atoms with van der Waals surface area (Å²) in [5.74, 6) is -0.110. The minimum atomic E-state index is -0.803. The molecule has 118 valence electrons. The van der Waals surface area contributed by atoms with Gasteiger partial charge in [0.25, 0.3) is 0 Å². The summed E-state index contributed by atoms with van der Waals surface area (Å²) < 4.78 is 0. The van der Waals surface area contributed by atoms with E-state index in [1.165, 1.54) is 25.7 Å². The third-order valence-corrected chi connectivity index (χ3v) is 4.38. The van der Waals surface area contributed by atoms with Gasteiger partial charge >= 0.3 is 5.97 Å². The number of hydrogen-bond donors (Lipinski definition) is 2. The van der Waals surface area contributed by atoms with Crippen LogP contribution in [0.4, 0.5) is 0 Å². The van der Waals surface area contributed by atoms with Crippen LogP contribution >= 0.6 is 0 Å². The second-order valence-corrected chi connectivity index (χ2v) is 6.74. The molecule has 20 heavy (non-hydrogen) atoms. The highest BCUT2D eigenvalue weighted by Gasteiger charge is 2.33.